The Morgan fingerprint density at radius 1 is 1.12 bits per heavy atom. The van der Waals surface area contributed by atoms with E-state index < -0.39 is 0 Å². The summed E-state index contributed by atoms with van der Waals surface area (Å²) in [6, 6.07) is 14.5. The highest BCUT2D eigenvalue weighted by molar-refractivity contribution is 5.79. The molecular formula is C25H36N4O3. The fourth-order valence-electron chi connectivity index (χ4n) is 3.86. The lowest BCUT2D eigenvalue weighted by atomic mass is 10.1. The number of benzene rings is 2. The third-order valence-electron chi connectivity index (χ3n) is 5.70. The van der Waals surface area contributed by atoms with Crippen molar-refractivity contribution in [2.45, 2.75) is 19.9 Å². The smallest absolute Gasteiger partial charge is 0.191 e. The van der Waals surface area contributed by atoms with Gasteiger partial charge in [-0.2, -0.15) is 0 Å². The van der Waals surface area contributed by atoms with Gasteiger partial charge in [0.1, 0.15) is 18.1 Å². The Morgan fingerprint density at radius 3 is 2.78 bits per heavy atom. The number of anilines is 1. The van der Waals surface area contributed by atoms with Gasteiger partial charge >= 0.3 is 0 Å². The van der Waals surface area contributed by atoms with E-state index >= 15 is 0 Å². The highest BCUT2D eigenvalue weighted by Gasteiger charge is 2.23. The summed E-state index contributed by atoms with van der Waals surface area (Å²) in [6.07, 6.45) is 1.15. The number of nitrogens with zero attached hydrogens (tertiary/aromatic N) is 2. The molecule has 1 aliphatic rings. The van der Waals surface area contributed by atoms with Crippen molar-refractivity contribution in [2.75, 3.05) is 59.0 Å². The Hall–Kier alpha value is -2.93. The average molecular weight is 441 g/mol. The highest BCUT2D eigenvalue weighted by Crippen LogP contribution is 2.26. The van der Waals surface area contributed by atoms with Crippen LogP contribution in [0.4, 0.5) is 5.69 Å². The van der Waals surface area contributed by atoms with Crippen molar-refractivity contribution >= 4 is 11.6 Å². The molecule has 0 spiro atoms. The van der Waals surface area contributed by atoms with Gasteiger partial charge in [0.05, 0.1) is 13.7 Å². The maximum atomic E-state index is 5.90. The lowest BCUT2D eigenvalue weighted by Crippen LogP contribution is -2.40. The molecule has 7 heteroatoms. The van der Waals surface area contributed by atoms with Gasteiger partial charge in [0.25, 0.3) is 0 Å². The van der Waals surface area contributed by atoms with E-state index in [4.69, 9.17) is 14.2 Å². The van der Waals surface area contributed by atoms with Crippen LogP contribution in [0.3, 0.4) is 0 Å². The van der Waals surface area contributed by atoms with Crippen LogP contribution in [-0.4, -0.2) is 60.1 Å². The van der Waals surface area contributed by atoms with Crippen molar-refractivity contribution in [3.8, 4) is 11.5 Å². The second-order valence-corrected chi connectivity index (χ2v) is 8.06. The summed E-state index contributed by atoms with van der Waals surface area (Å²) in [6.45, 7) is 6.76. The Kier molecular flexibility index (Phi) is 9.04. The molecule has 2 N–H and O–H groups in total. The molecule has 2 aromatic rings. The van der Waals surface area contributed by atoms with Crippen LogP contribution in [0.2, 0.25) is 0 Å². The highest BCUT2D eigenvalue weighted by atomic mass is 16.5. The van der Waals surface area contributed by atoms with Crippen molar-refractivity contribution in [3.63, 3.8) is 0 Å². The first kappa shape index (κ1) is 23.7. The molecule has 0 saturated carbocycles. The van der Waals surface area contributed by atoms with Crippen LogP contribution < -0.4 is 25.0 Å². The van der Waals surface area contributed by atoms with Gasteiger partial charge in [-0.15, -0.1) is 0 Å². The largest absolute Gasteiger partial charge is 0.497 e. The standard InChI is InChI=1S/C25H36N4O3/c1-19-8-9-21(24(14-19)32-13-12-30-3)17-28-25(26-2)27-16-20-10-11-29(18-20)22-6-5-7-23(15-22)31-4/h5-9,14-15,20H,10-13,16-18H2,1-4H3,(H2,26,27,28). The fraction of sp³-hybridized carbons (Fsp3) is 0.480. The van der Waals surface area contributed by atoms with Gasteiger partial charge in [-0.25, -0.2) is 0 Å². The topological polar surface area (TPSA) is 67.4 Å². The van der Waals surface area contributed by atoms with Crippen LogP contribution in [0.1, 0.15) is 17.5 Å². The molecule has 1 aliphatic heterocycles. The number of hydrogen-bond acceptors (Lipinski definition) is 5. The third kappa shape index (κ3) is 6.79. The predicted octanol–water partition coefficient (Wildman–Crippen LogP) is 3.22. The van der Waals surface area contributed by atoms with Crippen molar-refractivity contribution < 1.29 is 14.2 Å². The summed E-state index contributed by atoms with van der Waals surface area (Å²) in [5.41, 5.74) is 3.49. The third-order valence-corrected chi connectivity index (χ3v) is 5.70. The number of aliphatic imine (C=N–C) groups is 1. The van der Waals surface area contributed by atoms with Gasteiger partial charge in [0.2, 0.25) is 0 Å². The number of aryl methyl sites for hydroxylation is 1. The molecule has 0 bridgehead atoms. The van der Waals surface area contributed by atoms with Gasteiger partial charge in [-0.05, 0) is 43.0 Å². The molecule has 0 radical (unpaired) electrons. The minimum atomic E-state index is 0.533. The van der Waals surface area contributed by atoms with E-state index in [1.165, 1.54) is 11.3 Å². The van der Waals surface area contributed by atoms with Crippen LogP contribution in [0.25, 0.3) is 0 Å². The van der Waals surface area contributed by atoms with Crippen LogP contribution >= 0.6 is 0 Å². The molecule has 3 rings (SSSR count). The van der Waals surface area contributed by atoms with Crippen molar-refractivity contribution in [1.82, 2.24) is 10.6 Å². The van der Waals surface area contributed by atoms with Crippen molar-refractivity contribution in [1.29, 1.82) is 0 Å². The van der Waals surface area contributed by atoms with Gasteiger partial charge in [0.15, 0.2) is 5.96 Å². The molecule has 1 fully saturated rings. The Labute approximate surface area is 191 Å². The maximum absolute atomic E-state index is 5.90. The zero-order valence-corrected chi connectivity index (χ0v) is 19.7. The molecule has 174 valence electrons. The van der Waals surface area contributed by atoms with E-state index in [0.29, 0.717) is 25.7 Å². The van der Waals surface area contributed by atoms with Gasteiger partial charge in [-0.3, -0.25) is 4.99 Å². The van der Waals surface area contributed by atoms with Gasteiger partial charge in [0, 0.05) is 57.7 Å². The van der Waals surface area contributed by atoms with Crippen LogP contribution in [0.5, 0.6) is 11.5 Å². The van der Waals surface area contributed by atoms with Crippen LogP contribution in [0, 0.1) is 12.8 Å². The average Bonchev–Trinajstić information content (AvgIpc) is 3.29. The minimum absolute atomic E-state index is 0.533. The monoisotopic (exact) mass is 440 g/mol. The first-order valence-corrected chi connectivity index (χ1v) is 11.2. The fourth-order valence-corrected chi connectivity index (χ4v) is 3.86. The van der Waals surface area contributed by atoms with E-state index in [-0.39, 0.29) is 0 Å². The number of hydrogen-bond donors (Lipinski definition) is 2. The van der Waals surface area contributed by atoms with Gasteiger partial charge in [-0.1, -0.05) is 18.2 Å². The molecule has 2 aromatic carbocycles. The lowest BCUT2D eigenvalue weighted by molar-refractivity contribution is 0.145. The molecule has 32 heavy (non-hydrogen) atoms. The maximum Gasteiger partial charge on any atom is 0.191 e. The first-order valence-electron chi connectivity index (χ1n) is 11.2. The van der Waals surface area contributed by atoms with Crippen molar-refractivity contribution in [3.05, 3.63) is 53.6 Å². The Bertz CT molecular complexity index is 887. The summed E-state index contributed by atoms with van der Waals surface area (Å²) in [4.78, 5) is 6.81. The minimum Gasteiger partial charge on any atom is -0.497 e. The molecule has 1 heterocycles. The molecule has 0 amide bonds. The first-order chi connectivity index (χ1) is 15.6. The summed E-state index contributed by atoms with van der Waals surface area (Å²) in [5, 5.41) is 6.90. The van der Waals surface area contributed by atoms with E-state index in [1.807, 2.05) is 12.1 Å². The van der Waals surface area contributed by atoms with Crippen LogP contribution in [0.15, 0.2) is 47.5 Å². The van der Waals surface area contributed by atoms with E-state index in [1.54, 1.807) is 21.3 Å². The Balaban J connectivity index is 1.48. The van der Waals surface area contributed by atoms with Gasteiger partial charge < -0.3 is 29.7 Å². The second-order valence-electron chi connectivity index (χ2n) is 8.06. The number of guanidine groups is 1. The second kappa shape index (κ2) is 12.2. The summed E-state index contributed by atoms with van der Waals surface area (Å²) in [5.74, 6) is 3.14. The summed E-state index contributed by atoms with van der Waals surface area (Å²) >= 11 is 0. The zero-order chi connectivity index (χ0) is 22.8. The predicted molar refractivity (Wildman–Crippen MR) is 130 cm³/mol. The number of methoxy groups -OCH3 is 2. The SMILES string of the molecule is CN=C(NCc1ccc(C)cc1OCCOC)NCC1CCN(c2cccc(OC)c2)C1. The van der Waals surface area contributed by atoms with Crippen LogP contribution in [-0.2, 0) is 11.3 Å². The normalized spacial score (nSPS) is 16.2. The number of rotatable bonds is 10. The van der Waals surface area contributed by atoms with E-state index in [2.05, 4.69) is 57.8 Å². The molecule has 0 aliphatic carbocycles. The molecular weight excluding hydrogens is 404 g/mol. The number of nitrogens with one attached hydrogen (secondary N) is 2. The lowest BCUT2D eigenvalue weighted by Gasteiger charge is -2.20. The van der Waals surface area contributed by atoms with Crippen molar-refractivity contribution in [2.24, 2.45) is 10.9 Å². The molecule has 1 saturated heterocycles. The number of ether oxygens (including phenoxy) is 3. The zero-order valence-electron chi connectivity index (χ0n) is 19.7. The van der Waals surface area contributed by atoms with E-state index in [9.17, 15) is 0 Å². The molecule has 1 atom stereocenters. The quantitative estimate of drug-likeness (QED) is 0.336. The molecule has 7 nitrogen and oxygen atoms in total. The summed E-state index contributed by atoms with van der Waals surface area (Å²) < 4.78 is 16.4. The summed E-state index contributed by atoms with van der Waals surface area (Å²) in [7, 11) is 5.19. The molecule has 1 unspecified atom stereocenters. The Morgan fingerprint density at radius 2 is 2.00 bits per heavy atom. The van der Waals surface area contributed by atoms with E-state index in [0.717, 1.165) is 49.1 Å². The molecule has 0 aromatic heterocycles.